The highest BCUT2D eigenvalue weighted by Crippen LogP contribution is 2.34. The van der Waals surface area contributed by atoms with Gasteiger partial charge < -0.3 is 19.9 Å². The molecule has 0 unspecified atom stereocenters. The summed E-state index contributed by atoms with van der Waals surface area (Å²) in [7, 11) is 1.26. The number of rotatable bonds is 6. The van der Waals surface area contributed by atoms with E-state index < -0.39 is 17.3 Å². The Bertz CT molecular complexity index is 1180. The summed E-state index contributed by atoms with van der Waals surface area (Å²) < 4.78 is 10.5. The van der Waals surface area contributed by atoms with Gasteiger partial charge in [-0.25, -0.2) is 4.98 Å². The summed E-state index contributed by atoms with van der Waals surface area (Å²) in [5.41, 5.74) is -1.32. The van der Waals surface area contributed by atoms with E-state index in [0.717, 1.165) is 0 Å². The number of para-hydroxylation sites is 1. The van der Waals surface area contributed by atoms with E-state index >= 15 is 0 Å². The number of fused-ring (bicyclic) bond motifs is 1. The minimum atomic E-state index is -0.981. The van der Waals surface area contributed by atoms with Crippen molar-refractivity contribution in [2.45, 2.75) is 13.8 Å². The van der Waals surface area contributed by atoms with Gasteiger partial charge in [0.2, 0.25) is 0 Å². The van der Waals surface area contributed by atoms with E-state index in [2.05, 4.69) is 10.3 Å². The topological polar surface area (TPSA) is 122 Å². The van der Waals surface area contributed by atoms with Crippen molar-refractivity contribution in [2.24, 2.45) is 5.41 Å². The number of hydrogen-bond acceptors (Lipinski definition) is 7. The molecule has 8 heteroatoms. The number of esters is 1. The lowest BCUT2D eigenvalue weighted by atomic mass is 9.93. The van der Waals surface area contributed by atoms with Crippen LogP contribution in [0.4, 0.5) is 0 Å². The number of aromatic hydroxyl groups is 1. The number of nitrogens with one attached hydrogen (secondary N) is 1. The number of hydrogen-bond donors (Lipinski definition) is 2. The van der Waals surface area contributed by atoms with Crippen LogP contribution in [0.3, 0.4) is 0 Å². The average molecular weight is 419 g/mol. The fourth-order valence-electron chi connectivity index (χ4n) is 2.94. The Morgan fingerprint density at radius 2 is 1.84 bits per heavy atom. The van der Waals surface area contributed by atoms with Crippen LogP contribution in [0.5, 0.6) is 17.2 Å². The minimum absolute atomic E-state index is 0.0172. The van der Waals surface area contributed by atoms with Crippen LogP contribution in [0.25, 0.3) is 10.8 Å². The predicted molar refractivity (Wildman–Crippen MR) is 113 cm³/mol. The SMILES string of the molecule is COC(=O)C(C)(C)CNC(=O)c1nc(C#N)c2ccc(Oc3ccccc3)cc2c1O. The minimum Gasteiger partial charge on any atom is -0.505 e. The quantitative estimate of drug-likeness (QED) is 0.586. The fourth-order valence-corrected chi connectivity index (χ4v) is 2.94. The number of aromatic nitrogens is 1. The summed E-state index contributed by atoms with van der Waals surface area (Å²) in [6, 6.07) is 15.8. The molecule has 0 saturated carbocycles. The van der Waals surface area contributed by atoms with Crippen molar-refractivity contribution in [1.82, 2.24) is 10.3 Å². The second-order valence-electron chi connectivity index (χ2n) is 7.45. The van der Waals surface area contributed by atoms with Gasteiger partial charge in [-0.2, -0.15) is 5.26 Å². The molecule has 2 aromatic carbocycles. The van der Waals surface area contributed by atoms with E-state index in [1.807, 2.05) is 24.3 Å². The number of pyridine rings is 1. The third kappa shape index (κ3) is 4.56. The second-order valence-corrected chi connectivity index (χ2v) is 7.45. The molecule has 0 bridgehead atoms. The van der Waals surface area contributed by atoms with E-state index in [0.29, 0.717) is 16.9 Å². The Kier molecular flexibility index (Phi) is 6.07. The number of amides is 1. The molecule has 0 aliphatic rings. The summed E-state index contributed by atoms with van der Waals surface area (Å²) >= 11 is 0. The monoisotopic (exact) mass is 419 g/mol. The molecule has 3 aromatic rings. The maximum absolute atomic E-state index is 12.7. The van der Waals surface area contributed by atoms with Crippen LogP contribution in [-0.4, -0.2) is 35.6 Å². The molecule has 1 heterocycles. The molecular formula is C23H21N3O5. The Labute approximate surface area is 179 Å². The second kappa shape index (κ2) is 8.71. The van der Waals surface area contributed by atoms with Crippen molar-refractivity contribution in [1.29, 1.82) is 5.26 Å². The zero-order valence-corrected chi connectivity index (χ0v) is 17.3. The molecular weight excluding hydrogens is 398 g/mol. The van der Waals surface area contributed by atoms with Crippen LogP contribution in [0, 0.1) is 16.7 Å². The first kappa shape index (κ1) is 21.6. The van der Waals surface area contributed by atoms with Gasteiger partial charge in [0.25, 0.3) is 5.91 Å². The smallest absolute Gasteiger partial charge is 0.313 e. The summed E-state index contributed by atoms with van der Waals surface area (Å²) in [6.07, 6.45) is 0. The van der Waals surface area contributed by atoms with Crippen LogP contribution in [0.15, 0.2) is 48.5 Å². The van der Waals surface area contributed by atoms with Crippen LogP contribution in [0.2, 0.25) is 0 Å². The van der Waals surface area contributed by atoms with Crippen molar-refractivity contribution in [3.8, 4) is 23.3 Å². The molecule has 0 radical (unpaired) electrons. The lowest BCUT2D eigenvalue weighted by Crippen LogP contribution is -2.39. The summed E-state index contributed by atoms with van der Waals surface area (Å²) in [5, 5.41) is 23.4. The Balaban J connectivity index is 1.96. The average Bonchev–Trinajstić information content (AvgIpc) is 2.78. The van der Waals surface area contributed by atoms with Gasteiger partial charge >= 0.3 is 5.97 Å². The fraction of sp³-hybridized carbons (Fsp3) is 0.217. The molecule has 31 heavy (non-hydrogen) atoms. The van der Waals surface area contributed by atoms with E-state index in [4.69, 9.17) is 9.47 Å². The van der Waals surface area contributed by atoms with E-state index in [1.165, 1.54) is 13.2 Å². The van der Waals surface area contributed by atoms with Crippen molar-refractivity contribution >= 4 is 22.6 Å². The molecule has 0 saturated heterocycles. The van der Waals surface area contributed by atoms with Crippen LogP contribution in [0.1, 0.15) is 30.0 Å². The highest BCUT2D eigenvalue weighted by Gasteiger charge is 2.30. The van der Waals surface area contributed by atoms with Crippen molar-refractivity contribution in [3.05, 3.63) is 59.9 Å². The number of carbonyl (C=O) groups excluding carboxylic acids is 2. The summed E-state index contributed by atoms with van der Waals surface area (Å²) in [4.78, 5) is 28.5. The molecule has 158 valence electrons. The molecule has 0 spiro atoms. The van der Waals surface area contributed by atoms with E-state index in [1.54, 1.807) is 38.1 Å². The normalized spacial score (nSPS) is 10.9. The molecule has 0 aliphatic carbocycles. The Morgan fingerprint density at radius 3 is 2.48 bits per heavy atom. The molecule has 1 aromatic heterocycles. The number of nitriles is 1. The van der Waals surface area contributed by atoms with Gasteiger partial charge in [0, 0.05) is 17.3 Å². The maximum atomic E-state index is 12.7. The predicted octanol–water partition coefficient (Wildman–Crippen LogP) is 3.53. The number of ether oxygens (including phenoxy) is 2. The first-order valence-corrected chi connectivity index (χ1v) is 9.43. The Hall–Kier alpha value is -4.12. The largest absolute Gasteiger partial charge is 0.505 e. The number of carbonyl (C=O) groups is 2. The number of methoxy groups -OCH3 is 1. The summed E-state index contributed by atoms with van der Waals surface area (Å²) in [5.74, 6) is -0.590. The molecule has 1 amide bonds. The van der Waals surface area contributed by atoms with Gasteiger partial charge in [-0.05, 0) is 44.2 Å². The van der Waals surface area contributed by atoms with Crippen molar-refractivity contribution in [2.75, 3.05) is 13.7 Å². The van der Waals surface area contributed by atoms with Gasteiger partial charge in [0.15, 0.2) is 11.4 Å². The number of nitrogens with zero attached hydrogens (tertiary/aromatic N) is 2. The molecule has 3 rings (SSSR count). The zero-order valence-electron chi connectivity index (χ0n) is 17.3. The van der Waals surface area contributed by atoms with Crippen LogP contribution >= 0.6 is 0 Å². The molecule has 2 N–H and O–H groups in total. The number of benzene rings is 2. The zero-order chi connectivity index (χ0) is 22.6. The van der Waals surface area contributed by atoms with E-state index in [9.17, 15) is 20.0 Å². The molecule has 0 fully saturated rings. The Morgan fingerprint density at radius 1 is 1.13 bits per heavy atom. The van der Waals surface area contributed by atoms with Crippen molar-refractivity contribution < 1.29 is 24.2 Å². The van der Waals surface area contributed by atoms with Gasteiger partial charge in [0.05, 0.1) is 12.5 Å². The maximum Gasteiger partial charge on any atom is 0.313 e. The molecule has 8 nitrogen and oxygen atoms in total. The van der Waals surface area contributed by atoms with Gasteiger partial charge in [0.1, 0.15) is 23.3 Å². The third-order valence-electron chi connectivity index (χ3n) is 4.68. The first-order valence-electron chi connectivity index (χ1n) is 9.43. The van der Waals surface area contributed by atoms with Gasteiger partial charge in [-0.1, -0.05) is 18.2 Å². The molecule has 0 aliphatic heterocycles. The third-order valence-corrected chi connectivity index (χ3v) is 4.68. The van der Waals surface area contributed by atoms with Crippen LogP contribution < -0.4 is 10.1 Å². The molecule has 0 atom stereocenters. The van der Waals surface area contributed by atoms with Gasteiger partial charge in [-0.15, -0.1) is 0 Å². The lowest BCUT2D eigenvalue weighted by Gasteiger charge is -2.21. The first-order chi connectivity index (χ1) is 14.8. The van der Waals surface area contributed by atoms with Gasteiger partial charge in [-0.3, -0.25) is 9.59 Å². The lowest BCUT2D eigenvalue weighted by molar-refractivity contribution is -0.150. The highest BCUT2D eigenvalue weighted by molar-refractivity contribution is 6.03. The summed E-state index contributed by atoms with van der Waals surface area (Å²) in [6.45, 7) is 3.18. The van der Waals surface area contributed by atoms with E-state index in [-0.39, 0.29) is 29.1 Å². The van der Waals surface area contributed by atoms with Crippen LogP contribution in [-0.2, 0) is 9.53 Å². The standard InChI is InChI=1S/C23H21N3O5/c1-23(2,22(29)30-3)13-25-21(28)19-20(27)17-11-15(31-14-7-5-4-6-8-14)9-10-16(17)18(12-24)26-19/h4-11,27H,13H2,1-3H3,(H,25,28). The highest BCUT2D eigenvalue weighted by atomic mass is 16.5. The van der Waals surface area contributed by atoms with Crippen molar-refractivity contribution in [3.63, 3.8) is 0 Å².